The van der Waals surface area contributed by atoms with Crippen LogP contribution in [0.5, 0.6) is 0 Å². The average Bonchev–Trinajstić information content (AvgIpc) is 3.12. The summed E-state index contributed by atoms with van der Waals surface area (Å²) in [4.78, 5) is 0. The van der Waals surface area contributed by atoms with Gasteiger partial charge in [-0.15, -0.1) is 0 Å². The molecule has 0 amide bonds. The maximum absolute atomic E-state index is 3.53. The number of rotatable bonds is 7. The van der Waals surface area contributed by atoms with Crippen LogP contribution in [-0.2, 0) is 6.42 Å². The molecule has 0 aromatic heterocycles. The van der Waals surface area contributed by atoms with Crippen molar-refractivity contribution in [2.24, 2.45) is 5.92 Å². The molecule has 1 aliphatic rings. The van der Waals surface area contributed by atoms with Gasteiger partial charge in [-0.05, 0) is 49.3 Å². The van der Waals surface area contributed by atoms with Crippen LogP contribution in [0.4, 0.5) is 0 Å². The van der Waals surface area contributed by atoms with E-state index in [1.165, 1.54) is 30.4 Å². The molecule has 18 heavy (non-hydrogen) atoms. The second kappa shape index (κ2) is 6.75. The van der Waals surface area contributed by atoms with E-state index < -0.39 is 0 Å². The van der Waals surface area contributed by atoms with Gasteiger partial charge in [0.05, 0.1) is 0 Å². The first-order valence-electron chi connectivity index (χ1n) is 7.23. The van der Waals surface area contributed by atoms with Gasteiger partial charge in [0.1, 0.15) is 0 Å². The molecule has 98 valence electrons. The lowest BCUT2D eigenvalue weighted by Crippen LogP contribution is -2.16. The summed E-state index contributed by atoms with van der Waals surface area (Å²) in [7, 11) is 0. The molecular weight excluding hydrogens is 218 g/mol. The van der Waals surface area contributed by atoms with E-state index in [-0.39, 0.29) is 0 Å². The Labute approximate surface area is 111 Å². The van der Waals surface area contributed by atoms with Gasteiger partial charge in [0.15, 0.2) is 0 Å². The normalized spacial score (nSPS) is 15.7. The van der Waals surface area contributed by atoms with Crippen LogP contribution in [0.15, 0.2) is 30.3 Å². The molecule has 1 saturated carbocycles. The van der Waals surface area contributed by atoms with Crippen molar-refractivity contribution in [3.8, 4) is 0 Å². The van der Waals surface area contributed by atoms with Crippen LogP contribution in [-0.4, -0.2) is 12.6 Å². The van der Waals surface area contributed by atoms with E-state index in [0.29, 0.717) is 0 Å². The third kappa shape index (κ3) is 5.05. The molecule has 1 heteroatoms. The van der Waals surface area contributed by atoms with Crippen molar-refractivity contribution in [1.29, 1.82) is 0 Å². The number of hydrogen-bond acceptors (Lipinski definition) is 1. The molecule has 1 fully saturated rings. The summed E-state index contributed by atoms with van der Waals surface area (Å²) in [5.41, 5.74) is 2.78. The molecule has 0 radical (unpaired) electrons. The Morgan fingerprint density at radius 1 is 1.33 bits per heavy atom. The molecule has 2 rings (SSSR count). The monoisotopic (exact) mass is 243 g/mol. The van der Waals surface area contributed by atoms with Gasteiger partial charge in [-0.25, -0.2) is 0 Å². The predicted octanol–water partition coefficient (Wildman–Crippen LogP) is 4.04. The lowest BCUT2D eigenvalue weighted by Gasteiger charge is -2.05. The van der Waals surface area contributed by atoms with Gasteiger partial charge in [0.2, 0.25) is 0 Å². The van der Waals surface area contributed by atoms with Crippen LogP contribution < -0.4 is 5.32 Å². The van der Waals surface area contributed by atoms with E-state index in [0.717, 1.165) is 24.9 Å². The molecule has 1 aliphatic carbocycles. The average molecular weight is 243 g/mol. The number of benzene rings is 1. The zero-order valence-electron chi connectivity index (χ0n) is 11.7. The van der Waals surface area contributed by atoms with E-state index in [1.807, 2.05) is 0 Å². The first kappa shape index (κ1) is 13.4. The zero-order valence-corrected chi connectivity index (χ0v) is 11.7. The van der Waals surface area contributed by atoms with E-state index in [4.69, 9.17) is 0 Å². The summed E-state index contributed by atoms with van der Waals surface area (Å²) in [5.74, 6) is 0.729. The highest BCUT2D eigenvalue weighted by molar-refractivity contribution is 5.50. The Morgan fingerprint density at radius 3 is 2.89 bits per heavy atom. The lowest BCUT2D eigenvalue weighted by molar-refractivity contribution is 0.647. The third-order valence-corrected chi connectivity index (χ3v) is 3.23. The minimum atomic E-state index is 0.729. The predicted molar refractivity (Wildman–Crippen MR) is 79.7 cm³/mol. The maximum Gasteiger partial charge on any atom is 0.00683 e. The molecule has 1 aromatic rings. The Balaban J connectivity index is 1.77. The van der Waals surface area contributed by atoms with Gasteiger partial charge >= 0.3 is 0 Å². The molecule has 1 N–H and O–H groups in total. The minimum Gasteiger partial charge on any atom is -0.314 e. The van der Waals surface area contributed by atoms with Gasteiger partial charge in [-0.1, -0.05) is 50.3 Å². The Bertz CT molecular complexity index is 388. The van der Waals surface area contributed by atoms with Crippen LogP contribution in [0.3, 0.4) is 0 Å². The van der Waals surface area contributed by atoms with Crippen LogP contribution in [0, 0.1) is 5.92 Å². The van der Waals surface area contributed by atoms with Crippen LogP contribution in [0.25, 0.3) is 6.08 Å². The second-order valence-electron chi connectivity index (χ2n) is 5.76. The molecule has 0 saturated heterocycles. The fraction of sp³-hybridized carbons (Fsp3) is 0.529. The van der Waals surface area contributed by atoms with Crippen LogP contribution in [0.1, 0.15) is 44.2 Å². The van der Waals surface area contributed by atoms with Crippen molar-refractivity contribution in [2.45, 2.75) is 45.6 Å². The molecule has 0 spiro atoms. The fourth-order valence-corrected chi connectivity index (χ4v) is 2.17. The maximum atomic E-state index is 3.53. The summed E-state index contributed by atoms with van der Waals surface area (Å²) in [6, 6.07) is 9.72. The van der Waals surface area contributed by atoms with Crippen molar-refractivity contribution < 1.29 is 0 Å². The van der Waals surface area contributed by atoms with E-state index in [9.17, 15) is 0 Å². The molecule has 1 nitrogen and oxygen atoms in total. The highest BCUT2D eigenvalue weighted by Crippen LogP contribution is 2.18. The molecule has 0 atom stereocenters. The van der Waals surface area contributed by atoms with Crippen molar-refractivity contribution in [1.82, 2.24) is 5.32 Å². The second-order valence-corrected chi connectivity index (χ2v) is 5.76. The Kier molecular flexibility index (Phi) is 5.00. The van der Waals surface area contributed by atoms with Crippen LogP contribution >= 0.6 is 0 Å². The molecule has 1 aromatic carbocycles. The molecule has 0 bridgehead atoms. The molecule has 0 unspecified atom stereocenters. The topological polar surface area (TPSA) is 12.0 Å². The molecule has 0 aliphatic heterocycles. The summed E-state index contributed by atoms with van der Waals surface area (Å²) in [6.07, 6.45) is 9.58. The fourth-order valence-electron chi connectivity index (χ4n) is 2.17. The number of hydrogen-bond donors (Lipinski definition) is 1. The van der Waals surface area contributed by atoms with Gasteiger partial charge in [0.25, 0.3) is 0 Å². The quantitative estimate of drug-likeness (QED) is 0.713. The van der Waals surface area contributed by atoms with E-state index >= 15 is 0 Å². The SMILES string of the molecule is CC(C)Cc1cccc(/C=C/CCNC2CC2)c1. The smallest absolute Gasteiger partial charge is 0.00683 e. The largest absolute Gasteiger partial charge is 0.314 e. The Hall–Kier alpha value is -1.08. The van der Waals surface area contributed by atoms with E-state index in [2.05, 4.69) is 55.6 Å². The number of nitrogens with one attached hydrogen (secondary N) is 1. The van der Waals surface area contributed by atoms with Crippen molar-refractivity contribution in [2.75, 3.05) is 6.54 Å². The lowest BCUT2D eigenvalue weighted by atomic mass is 10.0. The third-order valence-electron chi connectivity index (χ3n) is 3.23. The summed E-state index contributed by atoms with van der Waals surface area (Å²) in [6.45, 7) is 5.66. The summed E-state index contributed by atoms with van der Waals surface area (Å²) >= 11 is 0. The Morgan fingerprint density at radius 2 is 2.17 bits per heavy atom. The van der Waals surface area contributed by atoms with Gasteiger partial charge in [-0.3, -0.25) is 0 Å². The zero-order chi connectivity index (χ0) is 12.8. The first-order valence-corrected chi connectivity index (χ1v) is 7.23. The van der Waals surface area contributed by atoms with Gasteiger partial charge in [0, 0.05) is 6.04 Å². The first-order chi connectivity index (χ1) is 8.74. The van der Waals surface area contributed by atoms with Gasteiger partial charge in [-0.2, -0.15) is 0 Å². The van der Waals surface area contributed by atoms with Crippen molar-refractivity contribution in [3.63, 3.8) is 0 Å². The minimum absolute atomic E-state index is 0.729. The molecular formula is C17H25N. The van der Waals surface area contributed by atoms with Crippen molar-refractivity contribution >= 4 is 6.08 Å². The highest BCUT2D eigenvalue weighted by atomic mass is 14.9. The standard InChI is InChI=1S/C17H25N/c1-14(2)12-16-8-5-7-15(13-16)6-3-4-11-18-17-9-10-17/h3,5-8,13-14,17-18H,4,9-12H2,1-2H3/b6-3+. The summed E-state index contributed by atoms with van der Waals surface area (Å²) < 4.78 is 0. The van der Waals surface area contributed by atoms with Gasteiger partial charge < -0.3 is 5.32 Å². The van der Waals surface area contributed by atoms with Crippen LogP contribution in [0.2, 0.25) is 0 Å². The van der Waals surface area contributed by atoms with E-state index in [1.54, 1.807) is 0 Å². The highest BCUT2D eigenvalue weighted by Gasteiger charge is 2.19. The summed E-state index contributed by atoms with van der Waals surface area (Å²) in [5, 5.41) is 3.53. The van der Waals surface area contributed by atoms with Crippen molar-refractivity contribution in [3.05, 3.63) is 41.5 Å². The molecule has 0 heterocycles.